The number of aliphatic hydroxyl groups is 2. The van der Waals surface area contributed by atoms with Crippen LogP contribution in [-0.2, 0) is 4.79 Å². The van der Waals surface area contributed by atoms with Crippen molar-refractivity contribution in [2.24, 2.45) is 11.8 Å². The smallest absolute Gasteiger partial charge is 0.246 e. The molecule has 0 saturated heterocycles. The summed E-state index contributed by atoms with van der Waals surface area (Å²) in [6, 6.07) is 2.65. The number of fused-ring (bicyclic) bond motifs is 2. The van der Waals surface area contributed by atoms with Gasteiger partial charge in [-0.2, -0.15) is 0 Å². The molecule has 2 N–H and O–H groups in total. The highest BCUT2D eigenvalue weighted by Crippen LogP contribution is 2.46. The molecule has 4 atom stereocenters. The van der Waals surface area contributed by atoms with Gasteiger partial charge in [-0.1, -0.05) is 12.1 Å². The van der Waals surface area contributed by atoms with E-state index in [0.29, 0.717) is 6.42 Å². The Hall–Kier alpha value is -2.91. The molecular formula is C19H17NO8. The van der Waals surface area contributed by atoms with Crippen molar-refractivity contribution in [2.75, 3.05) is 6.79 Å². The van der Waals surface area contributed by atoms with Crippen LogP contribution in [0.1, 0.15) is 40.0 Å². The van der Waals surface area contributed by atoms with Gasteiger partial charge in [0.2, 0.25) is 11.8 Å². The summed E-state index contributed by atoms with van der Waals surface area (Å²) in [5.41, 5.74) is -1.11. The van der Waals surface area contributed by atoms with Crippen molar-refractivity contribution < 1.29 is 34.3 Å². The fraction of sp³-hybridized carbons (Fsp3) is 0.421. The summed E-state index contributed by atoms with van der Waals surface area (Å²) in [7, 11) is 0. The number of carbonyl (C=O) groups excluding carboxylic acids is 3. The second-order valence-corrected chi connectivity index (χ2v) is 7.23. The Labute approximate surface area is 158 Å². The second-order valence-electron chi connectivity index (χ2n) is 7.23. The van der Waals surface area contributed by atoms with Crippen molar-refractivity contribution in [1.82, 2.24) is 0 Å². The lowest BCUT2D eigenvalue weighted by molar-refractivity contribution is -0.523. The Morgan fingerprint density at radius 1 is 1.18 bits per heavy atom. The number of allylic oxidation sites excluding steroid dienone is 1. The minimum atomic E-state index is -1.50. The summed E-state index contributed by atoms with van der Waals surface area (Å²) >= 11 is 0. The third-order valence-corrected chi connectivity index (χ3v) is 5.85. The lowest BCUT2D eigenvalue weighted by Gasteiger charge is -2.40. The number of carbonyl (C=O) groups is 3. The Bertz CT molecular complexity index is 949. The molecule has 1 saturated carbocycles. The van der Waals surface area contributed by atoms with Gasteiger partial charge in [-0.15, -0.1) is 0 Å². The molecule has 28 heavy (non-hydrogen) atoms. The molecular weight excluding hydrogens is 370 g/mol. The molecule has 4 unspecified atom stereocenters. The topological polar surface area (TPSA) is 144 Å². The van der Waals surface area contributed by atoms with E-state index in [1.54, 1.807) is 0 Å². The van der Waals surface area contributed by atoms with Crippen LogP contribution in [0.2, 0.25) is 0 Å². The molecule has 0 heterocycles. The standard InChI is InChI=1S/C19H17NO8/c21-7-28-12-3-1-2-10-13(12)19(25)14-15(17(10)23)18(24)11-6-8(22)4-5-9(11)16(14)20(26)27/h1-3,8-9,11,16,21-22H,4-7H2. The number of hydrogen-bond acceptors (Lipinski definition) is 8. The molecule has 146 valence electrons. The average molecular weight is 387 g/mol. The van der Waals surface area contributed by atoms with E-state index in [2.05, 4.69) is 0 Å². The monoisotopic (exact) mass is 387 g/mol. The van der Waals surface area contributed by atoms with E-state index in [1.165, 1.54) is 18.2 Å². The van der Waals surface area contributed by atoms with Crippen LogP contribution in [0.4, 0.5) is 0 Å². The lowest BCUT2D eigenvalue weighted by Crippen LogP contribution is -2.52. The molecule has 3 aliphatic rings. The number of nitro groups is 1. The lowest BCUT2D eigenvalue weighted by atomic mass is 9.61. The maximum atomic E-state index is 13.2. The Morgan fingerprint density at radius 2 is 1.93 bits per heavy atom. The van der Waals surface area contributed by atoms with Crippen LogP contribution in [-0.4, -0.2) is 51.4 Å². The molecule has 1 aromatic rings. The van der Waals surface area contributed by atoms with Gasteiger partial charge in [0.05, 0.1) is 22.8 Å². The van der Waals surface area contributed by atoms with E-state index in [4.69, 9.17) is 9.84 Å². The number of Topliss-reactive ketones (excluding diaryl/α,β-unsaturated/α-hetero) is 3. The molecule has 0 radical (unpaired) electrons. The molecule has 0 spiro atoms. The van der Waals surface area contributed by atoms with Crippen LogP contribution >= 0.6 is 0 Å². The summed E-state index contributed by atoms with van der Waals surface area (Å²) in [6.45, 7) is -0.746. The zero-order valence-corrected chi connectivity index (χ0v) is 14.7. The number of ketones is 3. The van der Waals surface area contributed by atoms with E-state index < -0.39 is 64.2 Å². The maximum absolute atomic E-state index is 13.2. The molecule has 0 aromatic heterocycles. The van der Waals surface area contributed by atoms with Gasteiger partial charge in [0.1, 0.15) is 5.75 Å². The van der Waals surface area contributed by atoms with Crippen LogP contribution in [0.25, 0.3) is 0 Å². The van der Waals surface area contributed by atoms with Crippen LogP contribution in [0.15, 0.2) is 29.3 Å². The SMILES string of the molecule is O=C1C2=C(C(=O)c3c(OCO)cccc31)C([N+](=O)[O-])C1CCC(O)CC1C2=O. The largest absolute Gasteiger partial charge is 0.467 e. The van der Waals surface area contributed by atoms with Crippen LogP contribution < -0.4 is 4.74 Å². The number of nitrogens with zero attached hydrogens (tertiary/aromatic N) is 1. The van der Waals surface area contributed by atoms with Gasteiger partial charge in [0.25, 0.3) is 0 Å². The van der Waals surface area contributed by atoms with E-state index in [1.807, 2.05) is 0 Å². The first-order valence-corrected chi connectivity index (χ1v) is 8.92. The van der Waals surface area contributed by atoms with Crippen molar-refractivity contribution >= 4 is 17.3 Å². The Balaban J connectivity index is 1.94. The van der Waals surface area contributed by atoms with Crippen molar-refractivity contribution in [3.05, 3.63) is 50.6 Å². The van der Waals surface area contributed by atoms with Crippen LogP contribution in [0.5, 0.6) is 5.75 Å². The third kappa shape index (κ3) is 2.50. The van der Waals surface area contributed by atoms with Gasteiger partial charge in [-0.25, -0.2) is 0 Å². The quantitative estimate of drug-likeness (QED) is 0.334. The van der Waals surface area contributed by atoms with Crippen molar-refractivity contribution in [3.63, 3.8) is 0 Å². The summed E-state index contributed by atoms with van der Waals surface area (Å²) < 4.78 is 5.02. The van der Waals surface area contributed by atoms with Crippen molar-refractivity contribution in [2.45, 2.75) is 31.4 Å². The maximum Gasteiger partial charge on any atom is 0.246 e. The predicted molar refractivity (Wildman–Crippen MR) is 92.5 cm³/mol. The Morgan fingerprint density at radius 3 is 2.61 bits per heavy atom. The first-order valence-electron chi connectivity index (χ1n) is 8.92. The van der Waals surface area contributed by atoms with Gasteiger partial charge < -0.3 is 14.9 Å². The van der Waals surface area contributed by atoms with Crippen molar-refractivity contribution in [1.29, 1.82) is 0 Å². The van der Waals surface area contributed by atoms with Gasteiger partial charge in [-0.3, -0.25) is 24.5 Å². The first kappa shape index (κ1) is 18.5. The minimum Gasteiger partial charge on any atom is -0.467 e. The molecule has 3 aliphatic carbocycles. The molecule has 9 nitrogen and oxygen atoms in total. The number of rotatable bonds is 3. The summed E-state index contributed by atoms with van der Waals surface area (Å²) in [6.07, 6.45) is -0.236. The number of benzene rings is 1. The Kier molecular flexibility index (Phi) is 4.35. The highest BCUT2D eigenvalue weighted by Gasteiger charge is 2.57. The molecule has 0 aliphatic heterocycles. The number of aliphatic hydroxyl groups excluding tert-OH is 2. The van der Waals surface area contributed by atoms with Crippen molar-refractivity contribution in [3.8, 4) is 5.75 Å². The van der Waals surface area contributed by atoms with Gasteiger partial charge >= 0.3 is 0 Å². The first-order chi connectivity index (χ1) is 13.4. The highest BCUT2D eigenvalue weighted by atomic mass is 16.6. The van der Waals surface area contributed by atoms with Gasteiger partial charge in [-0.05, 0) is 25.3 Å². The molecule has 0 amide bonds. The third-order valence-electron chi connectivity index (χ3n) is 5.85. The molecule has 9 heteroatoms. The van der Waals surface area contributed by atoms with Crippen LogP contribution in [0.3, 0.4) is 0 Å². The van der Waals surface area contributed by atoms with Gasteiger partial charge in [0, 0.05) is 22.3 Å². The molecule has 4 rings (SSSR count). The zero-order chi connectivity index (χ0) is 20.2. The fourth-order valence-electron chi connectivity index (χ4n) is 4.69. The second kappa shape index (κ2) is 6.61. The zero-order valence-electron chi connectivity index (χ0n) is 14.7. The highest BCUT2D eigenvalue weighted by molar-refractivity contribution is 6.38. The summed E-state index contributed by atoms with van der Waals surface area (Å²) in [5, 5.41) is 30.9. The van der Waals surface area contributed by atoms with E-state index >= 15 is 0 Å². The molecule has 1 aromatic carbocycles. The average Bonchev–Trinajstić information content (AvgIpc) is 2.66. The van der Waals surface area contributed by atoms with Gasteiger partial charge in [0.15, 0.2) is 18.4 Å². The fourth-order valence-corrected chi connectivity index (χ4v) is 4.69. The summed E-state index contributed by atoms with van der Waals surface area (Å²) in [4.78, 5) is 50.6. The van der Waals surface area contributed by atoms with Crippen LogP contribution in [0, 0.1) is 22.0 Å². The normalized spacial score (nSPS) is 29.1. The number of hydrogen-bond donors (Lipinski definition) is 2. The number of ether oxygens (including phenoxy) is 1. The minimum absolute atomic E-state index is 0.0343. The predicted octanol–water partition coefficient (Wildman–Crippen LogP) is 0.696. The van der Waals surface area contributed by atoms with E-state index in [9.17, 15) is 29.6 Å². The van der Waals surface area contributed by atoms with E-state index in [0.717, 1.165) is 0 Å². The molecule has 0 bridgehead atoms. The molecule has 1 fully saturated rings. The van der Waals surface area contributed by atoms with E-state index in [-0.39, 0.29) is 29.7 Å². The summed E-state index contributed by atoms with van der Waals surface area (Å²) in [5.74, 6) is -3.87.